The predicted octanol–water partition coefficient (Wildman–Crippen LogP) is 1.89. The minimum atomic E-state index is -0.476. The van der Waals surface area contributed by atoms with Gasteiger partial charge in [0.05, 0.1) is 24.9 Å². The van der Waals surface area contributed by atoms with Gasteiger partial charge in [-0.05, 0) is 32.3 Å². The summed E-state index contributed by atoms with van der Waals surface area (Å²) in [5.74, 6) is 0.938. The molecule has 1 aromatic heterocycles. The summed E-state index contributed by atoms with van der Waals surface area (Å²) in [5.41, 5.74) is 0.921. The number of fused-ring (bicyclic) bond motifs is 1. The van der Waals surface area contributed by atoms with Gasteiger partial charge in [-0.15, -0.1) is 0 Å². The predicted molar refractivity (Wildman–Crippen MR) is 69.6 cm³/mol. The van der Waals surface area contributed by atoms with Crippen molar-refractivity contribution in [2.24, 2.45) is 0 Å². The summed E-state index contributed by atoms with van der Waals surface area (Å²) in [7, 11) is 0. The van der Waals surface area contributed by atoms with Gasteiger partial charge in [0.2, 0.25) is 0 Å². The van der Waals surface area contributed by atoms with Crippen LogP contribution in [0.1, 0.15) is 37.9 Å². The summed E-state index contributed by atoms with van der Waals surface area (Å²) < 4.78 is 5.82. The second-order valence-electron chi connectivity index (χ2n) is 5.19. The van der Waals surface area contributed by atoms with Crippen LogP contribution in [0.25, 0.3) is 0 Å². The van der Waals surface area contributed by atoms with Crippen LogP contribution in [0, 0.1) is 0 Å². The lowest BCUT2D eigenvalue weighted by atomic mass is 10.1. The van der Waals surface area contributed by atoms with Crippen molar-refractivity contribution < 1.29 is 9.84 Å². The molecule has 0 spiro atoms. The van der Waals surface area contributed by atoms with Crippen LogP contribution in [-0.2, 0) is 4.74 Å². The van der Waals surface area contributed by atoms with Crippen LogP contribution in [0.15, 0.2) is 18.3 Å². The molecule has 0 bridgehead atoms. The van der Waals surface area contributed by atoms with Gasteiger partial charge in [0.25, 0.3) is 0 Å². The van der Waals surface area contributed by atoms with E-state index in [2.05, 4.69) is 9.88 Å². The number of anilines is 1. The molecule has 4 heteroatoms. The van der Waals surface area contributed by atoms with E-state index in [1.807, 2.05) is 12.1 Å². The fourth-order valence-electron chi connectivity index (χ4n) is 3.16. The molecule has 2 unspecified atom stereocenters. The van der Waals surface area contributed by atoms with Crippen molar-refractivity contribution >= 4 is 5.82 Å². The molecule has 0 amide bonds. The van der Waals surface area contributed by atoms with Gasteiger partial charge in [-0.3, -0.25) is 0 Å². The van der Waals surface area contributed by atoms with E-state index in [1.165, 1.54) is 12.8 Å². The molecule has 4 nitrogen and oxygen atoms in total. The van der Waals surface area contributed by atoms with Gasteiger partial charge in [-0.25, -0.2) is 4.98 Å². The monoisotopic (exact) mass is 248 g/mol. The van der Waals surface area contributed by atoms with Gasteiger partial charge >= 0.3 is 0 Å². The number of rotatable bonds is 2. The molecule has 3 rings (SSSR count). The minimum Gasteiger partial charge on any atom is -0.389 e. The number of pyridine rings is 1. The Morgan fingerprint density at radius 2 is 2.39 bits per heavy atom. The molecule has 0 aromatic carbocycles. The van der Waals surface area contributed by atoms with Crippen molar-refractivity contribution in [3.63, 3.8) is 0 Å². The summed E-state index contributed by atoms with van der Waals surface area (Å²) in [6, 6.07) is 4.29. The van der Waals surface area contributed by atoms with Crippen molar-refractivity contribution in [2.45, 2.75) is 44.4 Å². The molecule has 0 radical (unpaired) electrons. The van der Waals surface area contributed by atoms with Crippen molar-refractivity contribution in [3.05, 3.63) is 23.9 Å². The Hall–Kier alpha value is -1.13. The fourth-order valence-corrected chi connectivity index (χ4v) is 3.16. The second-order valence-corrected chi connectivity index (χ2v) is 5.19. The molecule has 3 atom stereocenters. The number of nitrogens with zero attached hydrogens (tertiary/aromatic N) is 2. The van der Waals surface area contributed by atoms with E-state index in [1.54, 1.807) is 13.1 Å². The summed E-state index contributed by atoms with van der Waals surface area (Å²) >= 11 is 0. The molecular formula is C14H20N2O2. The molecule has 1 N–H and O–H groups in total. The third-order valence-corrected chi connectivity index (χ3v) is 4.02. The maximum absolute atomic E-state index is 9.88. The first-order valence-electron chi connectivity index (χ1n) is 6.78. The lowest BCUT2D eigenvalue weighted by Gasteiger charge is -2.39. The highest BCUT2D eigenvalue weighted by atomic mass is 16.5. The van der Waals surface area contributed by atoms with E-state index < -0.39 is 6.10 Å². The van der Waals surface area contributed by atoms with E-state index in [4.69, 9.17) is 4.74 Å². The Balaban J connectivity index is 1.93. The number of aliphatic hydroxyl groups excluding tert-OH is 1. The number of aliphatic hydroxyl groups is 1. The largest absolute Gasteiger partial charge is 0.389 e. The Morgan fingerprint density at radius 3 is 3.22 bits per heavy atom. The Bertz CT molecular complexity index is 422. The molecule has 18 heavy (non-hydrogen) atoms. The lowest BCUT2D eigenvalue weighted by molar-refractivity contribution is 0.0250. The quantitative estimate of drug-likeness (QED) is 0.868. The zero-order chi connectivity index (χ0) is 12.5. The standard InChI is InChI=1S/C14H20N2O2/c1-10(17)11-4-3-7-15-14(11)16-8-9-18-13-6-2-5-12(13)16/h3-4,7,10,12-13,17H,2,5-6,8-9H2,1H3/t10-,12?,13?/m0/s1. The average molecular weight is 248 g/mol. The molecule has 2 fully saturated rings. The second kappa shape index (κ2) is 4.86. The maximum atomic E-state index is 9.88. The lowest BCUT2D eigenvalue weighted by Crippen LogP contribution is -2.49. The molecule has 2 heterocycles. The van der Waals surface area contributed by atoms with Crippen molar-refractivity contribution in [1.82, 2.24) is 4.98 Å². The van der Waals surface area contributed by atoms with Crippen molar-refractivity contribution in [2.75, 3.05) is 18.1 Å². The third kappa shape index (κ3) is 1.99. The number of morpholine rings is 1. The number of aromatic nitrogens is 1. The summed E-state index contributed by atoms with van der Waals surface area (Å²) in [6.07, 6.45) is 5.22. The highest BCUT2D eigenvalue weighted by molar-refractivity contribution is 5.49. The zero-order valence-corrected chi connectivity index (χ0v) is 10.7. The average Bonchev–Trinajstić information content (AvgIpc) is 2.86. The van der Waals surface area contributed by atoms with E-state index in [9.17, 15) is 5.11 Å². The van der Waals surface area contributed by atoms with Crippen molar-refractivity contribution in [1.29, 1.82) is 0 Å². The number of hydrogen-bond acceptors (Lipinski definition) is 4. The molecule has 98 valence electrons. The van der Waals surface area contributed by atoms with E-state index >= 15 is 0 Å². The Labute approximate surface area is 108 Å². The molecule has 1 aliphatic carbocycles. The van der Waals surface area contributed by atoms with Crippen LogP contribution in [0.5, 0.6) is 0 Å². The van der Waals surface area contributed by atoms with Crippen LogP contribution in [0.3, 0.4) is 0 Å². The maximum Gasteiger partial charge on any atom is 0.134 e. The van der Waals surface area contributed by atoms with Gasteiger partial charge in [-0.2, -0.15) is 0 Å². The number of hydrogen-bond donors (Lipinski definition) is 1. The van der Waals surface area contributed by atoms with Crippen LogP contribution < -0.4 is 4.90 Å². The van der Waals surface area contributed by atoms with E-state index in [0.717, 1.165) is 31.0 Å². The highest BCUT2D eigenvalue weighted by Gasteiger charge is 2.37. The first-order valence-corrected chi connectivity index (χ1v) is 6.78. The van der Waals surface area contributed by atoms with E-state index in [0.29, 0.717) is 12.1 Å². The van der Waals surface area contributed by atoms with Gasteiger partial charge in [0.1, 0.15) is 5.82 Å². The molecule has 2 aliphatic rings. The van der Waals surface area contributed by atoms with Crippen molar-refractivity contribution in [3.8, 4) is 0 Å². The SMILES string of the molecule is C[C@H](O)c1cccnc1N1CCOC2CCCC21. The summed E-state index contributed by atoms with van der Waals surface area (Å²) in [4.78, 5) is 6.83. The first-order chi connectivity index (χ1) is 8.77. The molecule has 1 saturated heterocycles. The normalized spacial score (nSPS) is 29.1. The van der Waals surface area contributed by atoms with Gasteiger partial charge in [0, 0.05) is 18.3 Å². The molecule has 1 saturated carbocycles. The van der Waals surface area contributed by atoms with Gasteiger partial charge < -0.3 is 14.7 Å². The highest BCUT2D eigenvalue weighted by Crippen LogP contribution is 2.34. The fraction of sp³-hybridized carbons (Fsp3) is 0.643. The minimum absolute atomic E-state index is 0.350. The molecular weight excluding hydrogens is 228 g/mol. The summed E-state index contributed by atoms with van der Waals surface area (Å²) in [5, 5.41) is 9.88. The number of ether oxygens (including phenoxy) is 1. The van der Waals surface area contributed by atoms with Crippen LogP contribution in [-0.4, -0.2) is 35.4 Å². The third-order valence-electron chi connectivity index (χ3n) is 4.02. The Kier molecular flexibility index (Phi) is 3.22. The topological polar surface area (TPSA) is 45.6 Å². The van der Waals surface area contributed by atoms with Crippen LogP contribution in [0.2, 0.25) is 0 Å². The zero-order valence-electron chi connectivity index (χ0n) is 10.7. The van der Waals surface area contributed by atoms with Crippen LogP contribution in [0.4, 0.5) is 5.82 Å². The smallest absolute Gasteiger partial charge is 0.134 e. The van der Waals surface area contributed by atoms with E-state index in [-0.39, 0.29) is 0 Å². The Morgan fingerprint density at radius 1 is 1.50 bits per heavy atom. The van der Waals surface area contributed by atoms with Gasteiger partial charge in [-0.1, -0.05) is 6.07 Å². The van der Waals surface area contributed by atoms with Crippen LogP contribution >= 0.6 is 0 Å². The first kappa shape index (κ1) is 11.9. The summed E-state index contributed by atoms with van der Waals surface area (Å²) in [6.45, 7) is 3.43. The molecule has 1 aliphatic heterocycles. The molecule has 1 aromatic rings. The van der Waals surface area contributed by atoms with Gasteiger partial charge in [0.15, 0.2) is 0 Å².